The second kappa shape index (κ2) is 7.41. The Morgan fingerprint density at radius 2 is 1.93 bits per heavy atom. The van der Waals surface area contributed by atoms with Crippen molar-refractivity contribution in [2.75, 3.05) is 12.0 Å². The van der Waals surface area contributed by atoms with Crippen molar-refractivity contribution in [3.05, 3.63) is 57.9 Å². The highest BCUT2D eigenvalue weighted by Gasteiger charge is 2.37. The zero-order chi connectivity index (χ0) is 20.0. The van der Waals surface area contributed by atoms with Gasteiger partial charge in [-0.15, -0.1) is 16.9 Å². The van der Waals surface area contributed by atoms with E-state index in [1.165, 1.54) is 22.4 Å². The number of aryl methyl sites for hydroxylation is 2. The largest absolute Gasteiger partial charge is 0.418 e. The fraction of sp³-hybridized carbons (Fsp3) is 0.391. The van der Waals surface area contributed by atoms with E-state index in [4.69, 9.17) is 15.5 Å². The van der Waals surface area contributed by atoms with Gasteiger partial charge in [0.05, 0.1) is 5.56 Å². The van der Waals surface area contributed by atoms with Gasteiger partial charge in [0.15, 0.2) is 0 Å². The number of pyridine rings is 1. The van der Waals surface area contributed by atoms with Crippen molar-refractivity contribution >= 4 is 17.4 Å². The van der Waals surface area contributed by atoms with Crippen LogP contribution in [0.1, 0.15) is 65.7 Å². The van der Waals surface area contributed by atoms with Crippen LogP contribution in [0.15, 0.2) is 29.2 Å². The summed E-state index contributed by atoms with van der Waals surface area (Å²) in [6.45, 7) is 2.18. The van der Waals surface area contributed by atoms with Crippen LogP contribution in [0.4, 0.5) is 5.69 Å². The van der Waals surface area contributed by atoms with E-state index in [2.05, 4.69) is 47.6 Å². The molecular formula is C23H26N4OS. The summed E-state index contributed by atoms with van der Waals surface area (Å²) in [6.07, 6.45) is 8.36. The Morgan fingerprint density at radius 3 is 2.69 bits per heavy atom. The minimum absolute atomic E-state index is 0.00955. The summed E-state index contributed by atoms with van der Waals surface area (Å²) < 4.78 is 6.21. The second-order valence-corrected chi connectivity index (χ2v) is 8.74. The van der Waals surface area contributed by atoms with Gasteiger partial charge in [0, 0.05) is 33.5 Å². The summed E-state index contributed by atoms with van der Waals surface area (Å²) in [4.78, 5) is 6.17. The SMILES string of the molecule is CCCc1[nH]nc2c1C(c1ccc(SC)cc1)c1c(nc3c(c1N)CCCC3)O2. The number of nitrogens with zero attached hydrogens (tertiary/aromatic N) is 2. The van der Waals surface area contributed by atoms with Gasteiger partial charge >= 0.3 is 0 Å². The van der Waals surface area contributed by atoms with Crippen LogP contribution in [0.5, 0.6) is 11.8 Å². The third-order valence-corrected chi connectivity index (χ3v) is 6.83. The number of benzene rings is 1. The summed E-state index contributed by atoms with van der Waals surface area (Å²) in [5.74, 6) is 1.26. The van der Waals surface area contributed by atoms with Gasteiger partial charge in [0.1, 0.15) is 0 Å². The molecule has 0 radical (unpaired) electrons. The minimum atomic E-state index is -0.00955. The maximum Gasteiger partial charge on any atom is 0.244 e. The van der Waals surface area contributed by atoms with Crippen molar-refractivity contribution in [3.8, 4) is 11.8 Å². The number of anilines is 1. The molecule has 0 saturated heterocycles. The van der Waals surface area contributed by atoms with E-state index in [1.807, 2.05) is 0 Å². The lowest BCUT2D eigenvalue weighted by molar-refractivity contribution is 0.414. The summed E-state index contributed by atoms with van der Waals surface area (Å²) >= 11 is 1.75. The standard InChI is InChI=1S/C23H26N4OS/c1-3-6-17-19-18(13-9-11-14(29-2)12-10-13)20-21(24)15-7-4-5-8-16(15)25-22(20)28-23(19)27-26-17/h9-12,18H,3-8H2,1-2H3,(H2,24,25)(H,26,27). The van der Waals surface area contributed by atoms with Gasteiger partial charge in [-0.3, -0.25) is 5.10 Å². The first-order chi connectivity index (χ1) is 14.2. The molecule has 29 heavy (non-hydrogen) atoms. The highest BCUT2D eigenvalue weighted by atomic mass is 32.2. The molecular weight excluding hydrogens is 380 g/mol. The van der Waals surface area contributed by atoms with Crippen LogP contribution in [0.25, 0.3) is 0 Å². The fourth-order valence-corrected chi connectivity index (χ4v) is 5.08. The first-order valence-corrected chi connectivity index (χ1v) is 11.6. The smallest absolute Gasteiger partial charge is 0.244 e. The van der Waals surface area contributed by atoms with Crippen molar-refractivity contribution in [1.29, 1.82) is 0 Å². The van der Waals surface area contributed by atoms with Gasteiger partial charge in [-0.2, -0.15) is 0 Å². The molecule has 3 heterocycles. The van der Waals surface area contributed by atoms with Crippen LogP contribution in [0.2, 0.25) is 0 Å². The molecule has 150 valence electrons. The van der Waals surface area contributed by atoms with Gasteiger partial charge < -0.3 is 10.5 Å². The number of nitrogens with one attached hydrogen (secondary N) is 1. The van der Waals surface area contributed by atoms with Gasteiger partial charge in [-0.05, 0) is 61.6 Å². The molecule has 3 aromatic rings. The maximum absolute atomic E-state index is 6.80. The van der Waals surface area contributed by atoms with Crippen molar-refractivity contribution < 1.29 is 4.74 Å². The number of nitrogen functional groups attached to an aromatic ring is 1. The first kappa shape index (κ1) is 18.6. The number of H-pyrrole nitrogens is 1. The number of thioether (sulfide) groups is 1. The van der Waals surface area contributed by atoms with E-state index in [0.717, 1.165) is 60.3 Å². The second-order valence-electron chi connectivity index (χ2n) is 7.86. The Hall–Kier alpha value is -2.47. The summed E-state index contributed by atoms with van der Waals surface area (Å²) in [6, 6.07) is 8.76. The quantitative estimate of drug-likeness (QED) is 0.454. The molecule has 0 bridgehead atoms. The molecule has 0 amide bonds. The van der Waals surface area contributed by atoms with Crippen LogP contribution in [-0.4, -0.2) is 21.4 Å². The Morgan fingerprint density at radius 1 is 1.14 bits per heavy atom. The topological polar surface area (TPSA) is 76.8 Å². The monoisotopic (exact) mass is 406 g/mol. The minimum Gasteiger partial charge on any atom is -0.418 e. The molecule has 2 aliphatic rings. The third-order valence-electron chi connectivity index (χ3n) is 6.09. The Bertz CT molecular complexity index is 1060. The van der Waals surface area contributed by atoms with Crippen molar-refractivity contribution in [2.24, 2.45) is 0 Å². The average Bonchev–Trinajstić information content (AvgIpc) is 3.15. The van der Waals surface area contributed by atoms with E-state index in [1.54, 1.807) is 11.8 Å². The number of ether oxygens (including phenoxy) is 1. The molecule has 5 rings (SSSR count). The summed E-state index contributed by atoms with van der Waals surface area (Å²) in [5, 5.41) is 7.71. The number of rotatable bonds is 4. The molecule has 1 aliphatic carbocycles. The van der Waals surface area contributed by atoms with Gasteiger partial charge in [0.2, 0.25) is 11.8 Å². The number of fused-ring (bicyclic) bond motifs is 3. The fourth-order valence-electron chi connectivity index (χ4n) is 4.67. The normalized spacial score (nSPS) is 17.2. The van der Waals surface area contributed by atoms with Gasteiger partial charge in [-0.25, -0.2) is 4.98 Å². The third kappa shape index (κ3) is 3.01. The van der Waals surface area contributed by atoms with E-state index in [-0.39, 0.29) is 5.92 Å². The van der Waals surface area contributed by atoms with E-state index in [0.29, 0.717) is 11.8 Å². The maximum atomic E-state index is 6.80. The zero-order valence-electron chi connectivity index (χ0n) is 16.9. The number of hydrogen-bond acceptors (Lipinski definition) is 5. The molecule has 0 fully saturated rings. The molecule has 2 aromatic heterocycles. The van der Waals surface area contributed by atoms with Crippen molar-refractivity contribution in [3.63, 3.8) is 0 Å². The van der Waals surface area contributed by atoms with E-state index in [9.17, 15) is 0 Å². The molecule has 6 heteroatoms. The molecule has 1 aliphatic heterocycles. The zero-order valence-corrected chi connectivity index (χ0v) is 17.7. The predicted molar refractivity (Wildman–Crippen MR) is 117 cm³/mol. The molecule has 1 unspecified atom stereocenters. The number of nitrogens with two attached hydrogens (primary N) is 1. The molecule has 1 atom stereocenters. The average molecular weight is 407 g/mol. The van der Waals surface area contributed by atoms with Gasteiger partial charge in [-0.1, -0.05) is 25.5 Å². The summed E-state index contributed by atoms with van der Waals surface area (Å²) in [7, 11) is 0. The van der Waals surface area contributed by atoms with E-state index < -0.39 is 0 Å². The Kier molecular flexibility index (Phi) is 4.74. The van der Waals surface area contributed by atoms with Crippen LogP contribution in [0.3, 0.4) is 0 Å². The first-order valence-electron chi connectivity index (χ1n) is 10.4. The lowest BCUT2D eigenvalue weighted by atomic mass is 9.80. The highest BCUT2D eigenvalue weighted by Crippen LogP contribution is 2.51. The van der Waals surface area contributed by atoms with E-state index >= 15 is 0 Å². The molecule has 0 saturated carbocycles. The van der Waals surface area contributed by atoms with Gasteiger partial charge in [0.25, 0.3) is 0 Å². The predicted octanol–water partition coefficient (Wildman–Crippen LogP) is 5.23. The lowest BCUT2D eigenvalue weighted by Crippen LogP contribution is -2.19. The van der Waals surface area contributed by atoms with Crippen LogP contribution >= 0.6 is 11.8 Å². The number of aromatic nitrogens is 3. The van der Waals surface area contributed by atoms with Crippen molar-refractivity contribution in [1.82, 2.24) is 15.2 Å². The molecule has 3 N–H and O–H groups in total. The lowest BCUT2D eigenvalue weighted by Gasteiger charge is -2.30. The van der Waals surface area contributed by atoms with Crippen LogP contribution < -0.4 is 10.5 Å². The van der Waals surface area contributed by atoms with Crippen LogP contribution in [-0.2, 0) is 19.3 Å². The molecule has 1 aromatic carbocycles. The van der Waals surface area contributed by atoms with Crippen molar-refractivity contribution in [2.45, 2.75) is 56.3 Å². The molecule has 0 spiro atoms. The Balaban J connectivity index is 1.74. The van der Waals surface area contributed by atoms with Crippen LogP contribution in [0, 0.1) is 0 Å². The number of hydrogen-bond donors (Lipinski definition) is 2. The molecule has 5 nitrogen and oxygen atoms in total. The highest BCUT2D eigenvalue weighted by molar-refractivity contribution is 7.98. The summed E-state index contributed by atoms with van der Waals surface area (Å²) in [5.41, 5.74) is 14.4. The Labute approximate surface area is 175 Å². The number of aromatic amines is 1.